The Morgan fingerprint density at radius 3 is 2.94 bits per heavy atom. The van der Waals surface area contributed by atoms with E-state index in [0.717, 1.165) is 61.0 Å². The lowest BCUT2D eigenvalue weighted by atomic mass is 9.94. The van der Waals surface area contributed by atoms with E-state index in [-0.39, 0.29) is 11.8 Å². The molecule has 0 radical (unpaired) electrons. The SMILES string of the molecule is O=C(C1CCCN(Cc2nc(-c3cccc(Br)c3)no2)C1)N1CCCc2ccccc21. The molecular weight excluding hydrogens is 456 g/mol. The summed E-state index contributed by atoms with van der Waals surface area (Å²) in [5, 5.41) is 4.14. The third-order valence-electron chi connectivity index (χ3n) is 6.14. The minimum atomic E-state index is 0.00683. The van der Waals surface area contributed by atoms with E-state index in [4.69, 9.17) is 4.52 Å². The number of fused-ring (bicyclic) bond motifs is 1. The van der Waals surface area contributed by atoms with E-state index in [9.17, 15) is 4.79 Å². The first-order chi connectivity index (χ1) is 15.2. The van der Waals surface area contributed by atoms with Crippen molar-refractivity contribution in [3.63, 3.8) is 0 Å². The average Bonchev–Trinajstić information content (AvgIpc) is 3.27. The van der Waals surface area contributed by atoms with Crippen LogP contribution in [0.25, 0.3) is 11.4 Å². The number of amides is 1. The van der Waals surface area contributed by atoms with Gasteiger partial charge >= 0.3 is 0 Å². The Morgan fingerprint density at radius 1 is 1.13 bits per heavy atom. The number of piperidine rings is 1. The third-order valence-corrected chi connectivity index (χ3v) is 6.63. The zero-order chi connectivity index (χ0) is 21.2. The van der Waals surface area contributed by atoms with Crippen LogP contribution < -0.4 is 4.90 Å². The van der Waals surface area contributed by atoms with Gasteiger partial charge in [0.25, 0.3) is 0 Å². The molecule has 7 heteroatoms. The quantitative estimate of drug-likeness (QED) is 0.541. The number of likely N-dealkylation sites (tertiary alicyclic amines) is 1. The van der Waals surface area contributed by atoms with Crippen LogP contribution in [0.2, 0.25) is 0 Å². The van der Waals surface area contributed by atoms with E-state index in [1.807, 2.05) is 35.2 Å². The molecule has 0 N–H and O–H groups in total. The molecule has 6 nitrogen and oxygen atoms in total. The van der Waals surface area contributed by atoms with Crippen molar-refractivity contribution in [2.24, 2.45) is 5.92 Å². The van der Waals surface area contributed by atoms with Gasteiger partial charge in [-0.15, -0.1) is 0 Å². The number of rotatable bonds is 4. The third kappa shape index (κ3) is 4.43. The maximum Gasteiger partial charge on any atom is 0.241 e. The molecular formula is C24H25BrN4O2. The number of benzene rings is 2. The van der Waals surface area contributed by atoms with Crippen LogP contribution in [0.1, 0.15) is 30.7 Å². The van der Waals surface area contributed by atoms with Gasteiger partial charge in [-0.1, -0.05) is 51.4 Å². The van der Waals surface area contributed by atoms with Gasteiger partial charge in [0.2, 0.25) is 17.6 Å². The number of para-hydroxylation sites is 1. The molecule has 1 aromatic heterocycles. The summed E-state index contributed by atoms with van der Waals surface area (Å²) < 4.78 is 6.49. The molecule has 2 aromatic carbocycles. The van der Waals surface area contributed by atoms with Crippen LogP contribution in [0.15, 0.2) is 57.5 Å². The lowest BCUT2D eigenvalue weighted by molar-refractivity contribution is -0.124. The lowest BCUT2D eigenvalue weighted by Crippen LogP contribution is -2.46. The standard InChI is InChI=1S/C24H25BrN4O2/c25-20-10-3-7-18(14-20)23-26-22(31-27-23)16-28-12-4-9-19(15-28)24(30)29-13-5-8-17-6-1-2-11-21(17)29/h1-3,6-7,10-11,14,19H,4-5,8-9,12-13,15-16H2. The number of hydrogen-bond acceptors (Lipinski definition) is 5. The molecule has 3 heterocycles. The Hall–Kier alpha value is -2.51. The summed E-state index contributed by atoms with van der Waals surface area (Å²) in [5.74, 6) is 1.43. The molecule has 0 bridgehead atoms. The van der Waals surface area contributed by atoms with Crippen molar-refractivity contribution in [2.75, 3.05) is 24.5 Å². The fraction of sp³-hybridized carbons (Fsp3) is 0.375. The molecule has 0 spiro atoms. The molecule has 1 unspecified atom stereocenters. The second kappa shape index (κ2) is 8.93. The minimum Gasteiger partial charge on any atom is -0.338 e. The first kappa shape index (κ1) is 20.4. The van der Waals surface area contributed by atoms with Crippen molar-refractivity contribution in [1.29, 1.82) is 0 Å². The van der Waals surface area contributed by atoms with Gasteiger partial charge in [0, 0.05) is 28.8 Å². The van der Waals surface area contributed by atoms with Gasteiger partial charge < -0.3 is 9.42 Å². The summed E-state index contributed by atoms with van der Waals surface area (Å²) in [6.45, 7) is 3.05. The van der Waals surface area contributed by atoms with Crippen LogP contribution in [0, 0.1) is 5.92 Å². The minimum absolute atomic E-state index is 0.00683. The van der Waals surface area contributed by atoms with E-state index >= 15 is 0 Å². The highest BCUT2D eigenvalue weighted by Crippen LogP contribution is 2.30. The molecule has 5 rings (SSSR count). The molecule has 31 heavy (non-hydrogen) atoms. The molecule has 1 fully saturated rings. The maximum atomic E-state index is 13.4. The number of aryl methyl sites for hydroxylation is 1. The molecule has 0 saturated carbocycles. The second-order valence-corrected chi connectivity index (χ2v) is 9.23. The Bertz CT molecular complexity index is 1080. The normalized spacial score (nSPS) is 19.3. The Morgan fingerprint density at radius 2 is 2.03 bits per heavy atom. The first-order valence-electron chi connectivity index (χ1n) is 10.9. The molecule has 2 aliphatic heterocycles. The van der Waals surface area contributed by atoms with Gasteiger partial charge in [0.15, 0.2) is 0 Å². The fourth-order valence-electron chi connectivity index (χ4n) is 4.64. The van der Waals surface area contributed by atoms with E-state index < -0.39 is 0 Å². The van der Waals surface area contributed by atoms with Crippen molar-refractivity contribution >= 4 is 27.5 Å². The zero-order valence-electron chi connectivity index (χ0n) is 17.3. The van der Waals surface area contributed by atoms with Crippen molar-refractivity contribution < 1.29 is 9.32 Å². The van der Waals surface area contributed by atoms with E-state index in [1.165, 1.54) is 5.56 Å². The molecule has 3 aromatic rings. The van der Waals surface area contributed by atoms with Crippen molar-refractivity contribution in [3.05, 3.63) is 64.5 Å². The molecule has 160 valence electrons. The van der Waals surface area contributed by atoms with Crippen LogP contribution in [0.5, 0.6) is 0 Å². The number of nitrogens with zero attached hydrogens (tertiary/aromatic N) is 4. The van der Waals surface area contributed by atoms with Crippen LogP contribution in [0.4, 0.5) is 5.69 Å². The van der Waals surface area contributed by atoms with E-state index in [0.29, 0.717) is 18.3 Å². The summed E-state index contributed by atoms with van der Waals surface area (Å²) in [5.41, 5.74) is 3.28. The summed E-state index contributed by atoms with van der Waals surface area (Å²) in [6.07, 6.45) is 4.01. The predicted molar refractivity (Wildman–Crippen MR) is 123 cm³/mol. The number of carbonyl (C=O) groups excluding carboxylic acids is 1. The van der Waals surface area contributed by atoms with Gasteiger partial charge in [0.05, 0.1) is 12.5 Å². The smallest absolute Gasteiger partial charge is 0.241 e. The highest BCUT2D eigenvalue weighted by atomic mass is 79.9. The molecule has 1 atom stereocenters. The van der Waals surface area contributed by atoms with Gasteiger partial charge in [-0.05, 0) is 56.0 Å². The summed E-state index contributed by atoms with van der Waals surface area (Å²) >= 11 is 3.48. The Balaban J connectivity index is 1.26. The number of aromatic nitrogens is 2. The summed E-state index contributed by atoms with van der Waals surface area (Å²) in [4.78, 5) is 22.2. The highest BCUT2D eigenvalue weighted by molar-refractivity contribution is 9.10. The number of hydrogen-bond donors (Lipinski definition) is 0. The van der Waals surface area contributed by atoms with Crippen molar-refractivity contribution in [2.45, 2.75) is 32.2 Å². The van der Waals surface area contributed by atoms with Gasteiger partial charge in [-0.25, -0.2) is 0 Å². The zero-order valence-corrected chi connectivity index (χ0v) is 18.9. The maximum absolute atomic E-state index is 13.4. The largest absolute Gasteiger partial charge is 0.338 e. The van der Waals surface area contributed by atoms with Gasteiger partial charge in [0.1, 0.15) is 0 Å². The number of halogens is 1. The first-order valence-corrected chi connectivity index (χ1v) is 11.7. The van der Waals surface area contributed by atoms with Crippen molar-refractivity contribution in [3.8, 4) is 11.4 Å². The molecule has 1 amide bonds. The molecule has 2 aliphatic rings. The van der Waals surface area contributed by atoms with Crippen LogP contribution in [0.3, 0.4) is 0 Å². The molecule has 1 saturated heterocycles. The lowest BCUT2D eigenvalue weighted by Gasteiger charge is -2.36. The number of carbonyl (C=O) groups is 1. The summed E-state index contributed by atoms with van der Waals surface area (Å²) in [6, 6.07) is 16.2. The number of anilines is 1. The van der Waals surface area contributed by atoms with Crippen LogP contribution in [-0.2, 0) is 17.8 Å². The summed E-state index contributed by atoms with van der Waals surface area (Å²) in [7, 11) is 0. The Kier molecular flexibility index (Phi) is 5.87. The predicted octanol–water partition coefficient (Wildman–Crippen LogP) is 4.69. The van der Waals surface area contributed by atoms with Gasteiger partial charge in [-0.3, -0.25) is 9.69 Å². The van der Waals surface area contributed by atoms with Crippen LogP contribution in [-0.4, -0.2) is 40.6 Å². The van der Waals surface area contributed by atoms with Gasteiger partial charge in [-0.2, -0.15) is 4.98 Å². The Labute approximate surface area is 190 Å². The second-order valence-electron chi connectivity index (χ2n) is 8.32. The van der Waals surface area contributed by atoms with E-state index in [2.05, 4.69) is 49.2 Å². The molecule has 0 aliphatic carbocycles. The van der Waals surface area contributed by atoms with E-state index in [1.54, 1.807) is 0 Å². The monoisotopic (exact) mass is 480 g/mol. The van der Waals surface area contributed by atoms with Crippen molar-refractivity contribution in [1.82, 2.24) is 15.0 Å². The highest BCUT2D eigenvalue weighted by Gasteiger charge is 2.32. The average molecular weight is 481 g/mol. The topological polar surface area (TPSA) is 62.5 Å². The fourth-order valence-corrected chi connectivity index (χ4v) is 5.04. The van der Waals surface area contributed by atoms with Crippen LogP contribution >= 0.6 is 15.9 Å².